The van der Waals surface area contributed by atoms with Crippen LogP contribution >= 0.6 is 0 Å². The van der Waals surface area contributed by atoms with Crippen LogP contribution in [0.4, 0.5) is 0 Å². The van der Waals surface area contributed by atoms with E-state index in [9.17, 15) is 4.79 Å². The first-order chi connectivity index (χ1) is 10.1. The smallest absolute Gasteiger partial charge is 0.222 e. The van der Waals surface area contributed by atoms with E-state index >= 15 is 0 Å². The molecule has 0 spiro atoms. The first-order valence-electron chi connectivity index (χ1n) is 7.93. The highest BCUT2D eigenvalue weighted by atomic mass is 16.5. The maximum absolute atomic E-state index is 11.7. The molecule has 1 aromatic carbocycles. The normalized spacial score (nSPS) is 20.3. The van der Waals surface area contributed by atoms with Crippen LogP contribution < -0.4 is 10.1 Å². The van der Waals surface area contributed by atoms with E-state index in [1.165, 1.54) is 11.1 Å². The molecule has 2 aliphatic rings. The van der Waals surface area contributed by atoms with E-state index in [0.29, 0.717) is 18.4 Å². The van der Waals surface area contributed by atoms with Crippen molar-refractivity contribution in [2.24, 2.45) is 0 Å². The summed E-state index contributed by atoms with van der Waals surface area (Å²) >= 11 is 0. The van der Waals surface area contributed by atoms with E-state index < -0.39 is 0 Å². The van der Waals surface area contributed by atoms with Gasteiger partial charge in [0.15, 0.2) is 0 Å². The molecule has 0 radical (unpaired) electrons. The predicted molar refractivity (Wildman–Crippen MR) is 82.5 cm³/mol. The molecule has 1 N–H and O–H groups in total. The molecule has 4 nitrogen and oxygen atoms in total. The summed E-state index contributed by atoms with van der Waals surface area (Å²) in [5.41, 5.74) is 2.60. The molecule has 2 unspecified atom stereocenters. The van der Waals surface area contributed by atoms with E-state index in [0.717, 1.165) is 38.3 Å². The molecule has 1 aromatic rings. The van der Waals surface area contributed by atoms with Gasteiger partial charge in [-0.25, -0.2) is 0 Å². The number of ether oxygens (including phenoxy) is 1. The average Bonchev–Trinajstić information content (AvgIpc) is 3.07. The van der Waals surface area contributed by atoms with Crippen molar-refractivity contribution >= 4 is 5.91 Å². The molecular weight excluding hydrogens is 264 g/mol. The number of carbonyl (C=O) groups is 1. The van der Waals surface area contributed by atoms with Gasteiger partial charge in [-0.05, 0) is 37.5 Å². The summed E-state index contributed by atoms with van der Waals surface area (Å²) in [5.74, 6) is 1.33. The van der Waals surface area contributed by atoms with E-state index in [1.54, 1.807) is 0 Å². The van der Waals surface area contributed by atoms with Gasteiger partial charge in [0.25, 0.3) is 0 Å². The van der Waals surface area contributed by atoms with Gasteiger partial charge in [-0.1, -0.05) is 12.1 Å². The highest BCUT2D eigenvalue weighted by Crippen LogP contribution is 2.28. The number of likely N-dealkylation sites (tertiary alicyclic amines) is 1. The summed E-state index contributed by atoms with van der Waals surface area (Å²) in [5, 5.41) is 3.60. The maximum atomic E-state index is 11.7. The minimum atomic E-state index is 0.281. The van der Waals surface area contributed by atoms with Gasteiger partial charge < -0.3 is 15.0 Å². The Labute approximate surface area is 126 Å². The van der Waals surface area contributed by atoms with Gasteiger partial charge in [0.05, 0.1) is 6.61 Å². The van der Waals surface area contributed by atoms with Crippen LogP contribution in [-0.2, 0) is 11.2 Å². The highest BCUT2D eigenvalue weighted by molar-refractivity contribution is 5.78. The standard InChI is InChI=1S/C17H24N2O2/c1-12(11-19-8-3-4-17(19)20)18-13(2)14-5-6-16-15(10-14)7-9-21-16/h5-6,10,12-13,18H,3-4,7-9,11H2,1-2H3. The lowest BCUT2D eigenvalue weighted by Crippen LogP contribution is -2.40. The van der Waals surface area contributed by atoms with Crippen molar-refractivity contribution in [1.29, 1.82) is 0 Å². The molecule has 2 aliphatic heterocycles. The first-order valence-corrected chi connectivity index (χ1v) is 7.93. The largest absolute Gasteiger partial charge is 0.493 e. The molecule has 0 saturated carbocycles. The van der Waals surface area contributed by atoms with Crippen molar-refractivity contribution in [2.75, 3.05) is 19.7 Å². The number of hydrogen-bond donors (Lipinski definition) is 1. The summed E-state index contributed by atoms with van der Waals surface area (Å²) in [4.78, 5) is 13.7. The minimum absolute atomic E-state index is 0.281. The lowest BCUT2D eigenvalue weighted by Gasteiger charge is -2.25. The summed E-state index contributed by atoms with van der Waals surface area (Å²) in [7, 11) is 0. The van der Waals surface area contributed by atoms with E-state index in [1.807, 2.05) is 4.90 Å². The SMILES string of the molecule is CC(CN1CCCC1=O)NC(C)c1ccc2c(c1)CCO2. The van der Waals surface area contributed by atoms with Crippen LogP contribution in [0.1, 0.15) is 43.9 Å². The number of benzene rings is 1. The zero-order valence-electron chi connectivity index (χ0n) is 12.9. The molecule has 1 saturated heterocycles. The summed E-state index contributed by atoms with van der Waals surface area (Å²) in [6.45, 7) is 6.85. The van der Waals surface area contributed by atoms with Crippen LogP contribution in [-0.4, -0.2) is 36.5 Å². The van der Waals surface area contributed by atoms with Crippen molar-refractivity contribution in [3.05, 3.63) is 29.3 Å². The fraction of sp³-hybridized carbons (Fsp3) is 0.588. The molecule has 0 bridgehead atoms. The molecule has 1 fully saturated rings. The molecule has 0 aromatic heterocycles. The molecule has 114 valence electrons. The monoisotopic (exact) mass is 288 g/mol. The number of rotatable bonds is 5. The van der Waals surface area contributed by atoms with Gasteiger partial charge >= 0.3 is 0 Å². The van der Waals surface area contributed by atoms with Crippen molar-refractivity contribution in [2.45, 2.75) is 45.2 Å². The lowest BCUT2D eigenvalue weighted by molar-refractivity contribution is -0.127. The third kappa shape index (κ3) is 3.21. The van der Waals surface area contributed by atoms with Crippen LogP contribution in [0.25, 0.3) is 0 Å². The van der Waals surface area contributed by atoms with E-state index in [4.69, 9.17) is 4.74 Å². The Hall–Kier alpha value is -1.55. The van der Waals surface area contributed by atoms with Crippen LogP contribution in [0, 0.1) is 0 Å². The fourth-order valence-corrected chi connectivity index (χ4v) is 3.28. The van der Waals surface area contributed by atoms with Crippen LogP contribution in [0.2, 0.25) is 0 Å². The average molecular weight is 288 g/mol. The summed E-state index contributed by atoms with van der Waals surface area (Å²) in [6.07, 6.45) is 2.73. The number of fused-ring (bicyclic) bond motifs is 1. The van der Waals surface area contributed by atoms with Crippen LogP contribution in [0.5, 0.6) is 5.75 Å². The van der Waals surface area contributed by atoms with E-state index in [2.05, 4.69) is 37.4 Å². The van der Waals surface area contributed by atoms with E-state index in [-0.39, 0.29) is 6.04 Å². The molecule has 4 heteroatoms. The van der Waals surface area contributed by atoms with Crippen molar-refractivity contribution in [3.63, 3.8) is 0 Å². The molecule has 3 rings (SSSR count). The van der Waals surface area contributed by atoms with Gasteiger partial charge in [0, 0.05) is 38.0 Å². The fourth-order valence-electron chi connectivity index (χ4n) is 3.28. The number of hydrogen-bond acceptors (Lipinski definition) is 3. The molecule has 2 heterocycles. The third-order valence-corrected chi connectivity index (χ3v) is 4.41. The Kier molecular flexibility index (Phi) is 4.15. The molecular formula is C17H24N2O2. The Bertz CT molecular complexity index is 530. The summed E-state index contributed by atoms with van der Waals surface area (Å²) in [6, 6.07) is 7.03. The van der Waals surface area contributed by atoms with Crippen molar-refractivity contribution < 1.29 is 9.53 Å². The summed E-state index contributed by atoms with van der Waals surface area (Å²) < 4.78 is 5.55. The number of nitrogens with one attached hydrogen (secondary N) is 1. The number of amides is 1. The maximum Gasteiger partial charge on any atom is 0.222 e. The Morgan fingerprint density at radius 3 is 2.95 bits per heavy atom. The second-order valence-corrected chi connectivity index (χ2v) is 6.20. The van der Waals surface area contributed by atoms with Crippen LogP contribution in [0.15, 0.2) is 18.2 Å². The zero-order chi connectivity index (χ0) is 14.8. The highest BCUT2D eigenvalue weighted by Gasteiger charge is 2.22. The topological polar surface area (TPSA) is 41.6 Å². The lowest BCUT2D eigenvalue weighted by atomic mass is 10.0. The Morgan fingerprint density at radius 1 is 1.33 bits per heavy atom. The molecule has 2 atom stereocenters. The first kappa shape index (κ1) is 14.4. The predicted octanol–water partition coefficient (Wildman–Crippen LogP) is 2.28. The Morgan fingerprint density at radius 2 is 2.19 bits per heavy atom. The van der Waals surface area contributed by atoms with Gasteiger partial charge in [0.1, 0.15) is 5.75 Å². The molecule has 1 amide bonds. The van der Waals surface area contributed by atoms with Crippen molar-refractivity contribution in [1.82, 2.24) is 10.2 Å². The molecule has 0 aliphatic carbocycles. The third-order valence-electron chi connectivity index (χ3n) is 4.41. The van der Waals surface area contributed by atoms with Gasteiger partial charge in [0.2, 0.25) is 5.91 Å². The molecule has 21 heavy (non-hydrogen) atoms. The Balaban J connectivity index is 1.58. The quantitative estimate of drug-likeness (QED) is 0.904. The van der Waals surface area contributed by atoms with Crippen molar-refractivity contribution in [3.8, 4) is 5.75 Å². The second kappa shape index (κ2) is 6.06. The number of nitrogens with zero attached hydrogens (tertiary/aromatic N) is 1. The van der Waals surface area contributed by atoms with Crippen LogP contribution in [0.3, 0.4) is 0 Å². The van der Waals surface area contributed by atoms with Gasteiger partial charge in [-0.2, -0.15) is 0 Å². The van der Waals surface area contributed by atoms with Gasteiger partial charge in [-0.3, -0.25) is 4.79 Å². The minimum Gasteiger partial charge on any atom is -0.493 e. The second-order valence-electron chi connectivity index (χ2n) is 6.20. The van der Waals surface area contributed by atoms with Gasteiger partial charge in [-0.15, -0.1) is 0 Å². The zero-order valence-corrected chi connectivity index (χ0v) is 12.9. The number of carbonyl (C=O) groups excluding carboxylic acids is 1.